The first-order valence-electron chi connectivity index (χ1n) is 7.04. The van der Waals surface area contributed by atoms with Crippen molar-refractivity contribution in [3.05, 3.63) is 35.4 Å². The fourth-order valence-electron chi connectivity index (χ4n) is 2.03. The molecule has 0 radical (unpaired) electrons. The molecule has 0 aromatic heterocycles. The fraction of sp³-hybridized carbons (Fsp3) is 0.533. The van der Waals surface area contributed by atoms with E-state index in [1.807, 2.05) is 24.3 Å². The maximum atomic E-state index is 12.0. The maximum Gasteiger partial charge on any atom is 0.321 e. The molecule has 6 heteroatoms. The van der Waals surface area contributed by atoms with Crippen LogP contribution in [0, 0.1) is 0 Å². The Bertz CT molecular complexity index is 552. The van der Waals surface area contributed by atoms with Gasteiger partial charge in [0.25, 0.3) is 0 Å². The Morgan fingerprint density at radius 3 is 2.33 bits per heavy atom. The molecule has 0 saturated carbocycles. The molecular weight excluding hydrogens is 290 g/mol. The first-order valence-corrected chi connectivity index (χ1v) is 8.86. The summed E-state index contributed by atoms with van der Waals surface area (Å²) in [5.74, 6) is -1.41. The van der Waals surface area contributed by atoms with Crippen LogP contribution in [0.5, 0.6) is 0 Å². The van der Waals surface area contributed by atoms with Crippen molar-refractivity contribution in [2.24, 2.45) is 0 Å². The van der Waals surface area contributed by atoms with Crippen molar-refractivity contribution in [2.45, 2.75) is 26.3 Å². The number of aryl methyl sites for hydroxylation is 1. The molecule has 1 unspecified atom stereocenters. The van der Waals surface area contributed by atoms with Crippen molar-refractivity contribution in [3.8, 4) is 0 Å². The van der Waals surface area contributed by atoms with Crippen molar-refractivity contribution in [2.75, 3.05) is 25.2 Å². The van der Waals surface area contributed by atoms with E-state index in [1.54, 1.807) is 14.0 Å². The van der Waals surface area contributed by atoms with Gasteiger partial charge < -0.3 is 10.1 Å². The van der Waals surface area contributed by atoms with Crippen LogP contribution in [0.1, 0.15) is 31.0 Å². The van der Waals surface area contributed by atoms with Gasteiger partial charge in [-0.1, -0.05) is 31.2 Å². The van der Waals surface area contributed by atoms with Gasteiger partial charge in [-0.05, 0) is 31.5 Å². The minimum Gasteiger partial charge on any atom is -0.465 e. The topological polar surface area (TPSA) is 72.5 Å². The molecule has 0 fully saturated rings. The number of nitrogens with one attached hydrogen (secondary N) is 1. The van der Waals surface area contributed by atoms with Gasteiger partial charge in [0.2, 0.25) is 0 Å². The Balaban J connectivity index is 2.78. The molecule has 5 nitrogen and oxygen atoms in total. The molecule has 0 aliphatic rings. The largest absolute Gasteiger partial charge is 0.465 e. The molecule has 1 aromatic carbocycles. The third-order valence-corrected chi connectivity index (χ3v) is 4.72. The highest BCUT2D eigenvalue weighted by molar-refractivity contribution is 7.92. The molecule has 21 heavy (non-hydrogen) atoms. The summed E-state index contributed by atoms with van der Waals surface area (Å²) in [5, 5.41) is 2.99. The van der Waals surface area contributed by atoms with Crippen LogP contribution in [0.3, 0.4) is 0 Å². The van der Waals surface area contributed by atoms with Crippen LogP contribution in [0.25, 0.3) is 0 Å². The van der Waals surface area contributed by atoms with Crippen LogP contribution in [0.2, 0.25) is 0 Å². The first-order chi connectivity index (χ1) is 9.91. The van der Waals surface area contributed by atoms with E-state index in [1.165, 1.54) is 5.56 Å². The Morgan fingerprint density at radius 2 is 1.86 bits per heavy atom. The predicted molar refractivity (Wildman–Crippen MR) is 82.9 cm³/mol. The van der Waals surface area contributed by atoms with Crippen molar-refractivity contribution < 1.29 is 17.9 Å². The number of sulfone groups is 1. The minimum atomic E-state index is -3.52. The van der Waals surface area contributed by atoms with Gasteiger partial charge in [0.05, 0.1) is 12.4 Å². The summed E-state index contributed by atoms with van der Waals surface area (Å²) >= 11 is 0. The monoisotopic (exact) mass is 313 g/mol. The molecule has 0 spiro atoms. The highest BCUT2D eigenvalue weighted by Crippen LogP contribution is 2.16. The third-order valence-electron chi connectivity index (χ3n) is 3.20. The van der Waals surface area contributed by atoms with Gasteiger partial charge >= 0.3 is 5.97 Å². The minimum absolute atomic E-state index is 0.131. The van der Waals surface area contributed by atoms with Gasteiger partial charge in [-0.25, -0.2) is 8.42 Å². The SMILES string of the molecule is CCOC(=O)CS(=O)(=O)CC(NC)c1ccc(CC)cc1. The van der Waals surface area contributed by atoms with E-state index >= 15 is 0 Å². The second kappa shape index (κ2) is 8.14. The smallest absolute Gasteiger partial charge is 0.321 e. The Morgan fingerprint density at radius 1 is 1.24 bits per heavy atom. The lowest BCUT2D eigenvalue weighted by Gasteiger charge is -2.17. The molecule has 0 amide bonds. The van der Waals surface area contributed by atoms with Gasteiger partial charge in [0.15, 0.2) is 9.84 Å². The molecule has 0 aliphatic carbocycles. The molecule has 1 aromatic rings. The number of carbonyl (C=O) groups is 1. The number of rotatable bonds is 8. The Labute approximate surface area is 126 Å². The second-order valence-corrected chi connectivity index (χ2v) is 6.91. The fourth-order valence-corrected chi connectivity index (χ4v) is 3.45. The third kappa shape index (κ3) is 5.85. The van der Waals surface area contributed by atoms with Crippen molar-refractivity contribution in [1.82, 2.24) is 5.32 Å². The lowest BCUT2D eigenvalue weighted by atomic mass is 10.1. The van der Waals surface area contributed by atoms with E-state index in [-0.39, 0.29) is 18.4 Å². The van der Waals surface area contributed by atoms with E-state index in [2.05, 4.69) is 12.2 Å². The van der Waals surface area contributed by atoms with Crippen LogP contribution >= 0.6 is 0 Å². The van der Waals surface area contributed by atoms with Crippen LogP contribution in [-0.2, 0) is 25.8 Å². The zero-order chi connectivity index (χ0) is 15.9. The van der Waals surface area contributed by atoms with E-state index in [4.69, 9.17) is 4.74 Å². The molecular formula is C15H23NO4S. The normalized spacial score (nSPS) is 12.9. The highest BCUT2D eigenvalue weighted by atomic mass is 32.2. The first kappa shape index (κ1) is 17.7. The van der Waals surface area contributed by atoms with E-state index in [9.17, 15) is 13.2 Å². The van der Waals surface area contributed by atoms with Crippen LogP contribution in [0.15, 0.2) is 24.3 Å². The molecule has 1 atom stereocenters. The summed E-state index contributed by atoms with van der Waals surface area (Å²) in [6.45, 7) is 3.90. The van der Waals surface area contributed by atoms with Gasteiger partial charge in [0.1, 0.15) is 5.75 Å². The van der Waals surface area contributed by atoms with E-state index in [0.717, 1.165) is 12.0 Å². The summed E-state index contributed by atoms with van der Waals surface area (Å²) < 4.78 is 28.8. The lowest BCUT2D eigenvalue weighted by Crippen LogP contribution is -2.29. The summed E-state index contributed by atoms with van der Waals surface area (Å²) in [6.07, 6.45) is 0.936. The number of ether oxygens (including phenoxy) is 1. The predicted octanol–water partition coefficient (Wildman–Crippen LogP) is 1.49. The second-order valence-electron chi connectivity index (χ2n) is 4.80. The summed E-state index contributed by atoms with van der Waals surface area (Å²) in [4.78, 5) is 11.3. The number of benzene rings is 1. The summed E-state index contributed by atoms with van der Waals surface area (Å²) in [6, 6.07) is 7.46. The van der Waals surface area contributed by atoms with Crippen LogP contribution in [0.4, 0.5) is 0 Å². The molecule has 118 valence electrons. The average Bonchev–Trinajstić information content (AvgIpc) is 2.44. The molecule has 1 N–H and O–H groups in total. The summed E-state index contributed by atoms with van der Waals surface area (Å²) in [5.41, 5.74) is 2.09. The van der Waals surface area contributed by atoms with Gasteiger partial charge in [-0.3, -0.25) is 4.79 Å². The Kier molecular flexibility index (Phi) is 6.84. The number of hydrogen-bond acceptors (Lipinski definition) is 5. The van der Waals surface area contributed by atoms with Gasteiger partial charge in [-0.2, -0.15) is 0 Å². The van der Waals surface area contributed by atoms with Crippen LogP contribution in [-0.4, -0.2) is 39.5 Å². The van der Waals surface area contributed by atoms with Crippen molar-refractivity contribution >= 4 is 15.8 Å². The van der Waals surface area contributed by atoms with Crippen molar-refractivity contribution in [1.29, 1.82) is 0 Å². The zero-order valence-electron chi connectivity index (χ0n) is 12.8. The van der Waals surface area contributed by atoms with Crippen molar-refractivity contribution in [3.63, 3.8) is 0 Å². The molecule has 0 bridgehead atoms. The molecule has 0 saturated heterocycles. The van der Waals surface area contributed by atoms with E-state index < -0.39 is 21.6 Å². The zero-order valence-corrected chi connectivity index (χ0v) is 13.6. The molecule has 0 aliphatic heterocycles. The summed E-state index contributed by atoms with van der Waals surface area (Å²) in [7, 11) is -1.81. The Hall–Kier alpha value is -1.40. The number of esters is 1. The number of carbonyl (C=O) groups excluding carboxylic acids is 1. The number of hydrogen-bond donors (Lipinski definition) is 1. The van der Waals surface area contributed by atoms with E-state index in [0.29, 0.717) is 0 Å². The van der Waals surface area contributed by atoms with Gasteiger partial charge in [0, 0.05) is 6.04 Å². The quantitative estimate of drug-likeness (QED) is 0.736. The maximum absolute atomic E-state index is 12.0. The van der Waals surface area contributed by atoms with Gasteiger partial charge in [-0.15, -0.1) is 0 Å². The molecule has 1 rings (SSSR count). The lowest BCUT2D eigenvalue weighted by molar-refractivity contribution is -0.139. The molecule has 0 heterocycles. The average molecular weight is 313 g/mol. The standard InChI is InChI=1S/C15H23NO4S/c1-4-12-6-8-13(9-7-12)14(16-3)10-21(18,19)11-15(17)20-5-2/h6-9,14,16H,4-5,10-11H2,1-3H3. The highest BCUT2D eigenvalue weighted by Gasteiger charge is 2.23. The van der Waals surface area contributed by atoms with Crippen LogP contribution < -0.4 is 5.32 Å².